The van der Waals surface area contributed by atoms with Crippen molar-refractivity contribution < 1.29 is 19.1 Å². The number of anilines is 1. The zero-order chi connectivity index (χ0) is 14.5. The highest BCUT2D eigenvalue weighted by atomic mass is 16.5. The Kier molecular flexibility index (Phi) is 4.20. The molecule has 20 heavy (non-hydrogen) atoms. The van der Waals surface area contributed by atoms with Crippen molar-refractivity contribution in [3.63, 3.8) is 0 Å². The summed E-state index contributed by atoms with van der Waals surface area (Å²) in [5.74, 6) is 0.192. The molecule has 1 N–H and O–H groups in total. The molecule has 5 nitrogen and oxygen atoms in total. The largest absolute Gasteiger partial charge is 0.495 e. The average molecular weight is 273 g/mol. The van der Waals surface area contributed by atoms with Crippen molar-refractivity contribution in [2.24, 2.45) is 0 Å². The van der Waals surface area contributed by atoms with Gasteiger partial charge < -0.3 is 14.8 Å². The predicted molar refractivity (Wildman–Crippen MR) is 75.5 cm³/mol. The lowest BCUT2D eigenvalue weighted by Gasteiger charge is -2.09. The van der Waals surface area contributed by atoms with Crippen LogP contribution in [-0.2, 0) is 20.7 Å². The van der Waals surface area contributed by atoms with Gasteiger partial charge in [0.15, 0.2) is 0 Å². The molecule has 0 aliphatic heterocycles. The van der Waals surface area contributed by atoms with Crippen LogP contribution in [0.15, 0.2) is 30.4 Å². The van der Waals surface area contributed by atoms with Gasteiger partial charge in [0.25, 0.3) is 0 Å². The van der Waals surface area contributed by atoms with Crippen molar-refractivity contribution in [3.05, 3.63) is 41.5 Å². The second-order valence-corrected chi connectivity index (χ2v) is 4.25. The van der Waals surface area contributed by atoms with E-state index in [9.17, 15) is 9.59 Å². The summed E-state index contributed by atoms with van der Waals surface area (Å²) >= 11 is 0. The number of carbonyl (C=O) groups is 2. The molecule has 0 radical (unpaired) electrons. The first-order chi connectivity index (χ1) is 9.69. The number of esters is 1. The molecule has 0 fully saturated rings. The van der Waals surface area contributed by atoms with Gasteiger partial charge >= 0.3 is 5.97 Å². The maximum Gasteiger partial charge on any atom is 0.334 e. The summed E-state index contributed by atoms with van der Waals surface area (Å²) in [6, 6.07) is 3.59. The van der Waals surface area contributed by atoms with Gasteiger partial charge in [0.05, 0.1) is 12.8 Å². The fourth-order valence-corrected chi connectivity index (χ4v) is 2.08. The number of ether oxygens (including phenoxy) is 2. The number of amides is 1. The van der Waals surface area contributed by atoms with Crippen molar-refractivity contribution in [1.29, 1.82) is 0 Å². The topological polar surface area (TPSA) is 64.6 Å². The van der Waals surface area contributed by atoms with Crippen LogP contribution in [0.1, 0.15) is 11.1 Å². The molecule has 0 atom stereocenters. The fourth-order valence-electron chi connectivity index (χ4n) is 2.08. The molecule has 0 saturated carbocycles. The van der Waals surface area contributed by atoms with Crippen molar-refractivity contribution in [1.82, 2.24) is 0 Å². The molecular weight excluding hydrogens is 258 g/mol. The molecule has 1 amide bonds. The van der Waals surface area contributed by atoms with Gasteiger partial charge in [0.2, 0.25) is 6.41 Å². The van der Waals surface area contributed by atoms with Crippen molar-refractivity contribution in [3.8, 4) is 5.75 Å². The molecule has 5 heteroatoms. The lowest BCUT2D eigenvalue weighted by Crippen LogP contribution is -2.07. The summed E-state index contributed by atoms with van der Waals surface area (Å²) in [6.45, 7) is 3.69. The first-order valence-corrected chi connectivity index (χ1v) is 6.09. The smallest absolute Gasteiger partial charge is 0.334 e. The molecule has 0 saturated heterocycles. The Balaban J connectivity index is 2.24. The maximum absolute atomic E-state index is 11.8. The van der Waals surface area contributed by atoms with E-state index in [-0.39, 0.29) is 12.6 Å². The minimum Gasteiger partial charge on any atom is -0.495 e. The molecule has 0 unspecified atom stereocenters. The molecule has 0 heterocycles. The van der Waals surface area contributed by atoms with Gasteiger partial charge in [0.1, 0.15) is 12.4 Å². The monoisotopic (exact) mass is 273 g/mol. The second kappa shape index (κ2) is 6.06. The van der Waals surface area contributed by atoms with E-state index < -0.39 is 0 Å². The minimum absolute atomic E-state index is 0.188. The van der Waals surface area contributed by atoms with Crippen LogP contribution in [0.5, 0.6) is 5.75 Å². The van der Waals surface area contributed by atoms with Crippen LogP contribution in [0.25, 0.3) is 6.08 Å². The van der Waals surface area contributed by atoms with E-state index >= 15 is 0 Å². The van der Waals surface area contributed by atoms with Crippen LogP contribution < -0.4 is 10.1 Å². The van der Waals surface area contributed by atoms with Gasteiger partial charge in [-0.15, -0.1) is 0 Å². The molecule has 2 rings (SSSR count). The van der Waals surface area contributed by atoms with Crippen molar-refractivity contribution >= 4 is 24.1 Å². The number of hydrogen-bond donors (Lipinski definition) is 1. The van der Waals surface area contributed by atoms with E-state index in [1.165, 1.54) is 13.2 Å². The first kappa shape index (κ1) is 13.9. The Labute approximate surface area is 116 Å². The van der Waals surface area contributed by atoms with E-state index in [1.807, 2.05) is 0 Å². The highest BCUT2D eigenvalue weighted by molar-refractivity contribution is 5.97. The molecule has 0 bridgehead atoms. The highest BCUT2D eigenvalue weighted by Crippen LogP contribution is 2.34. The first-order valence-electron chi connectivity index (χ1n) is 6.09. The Hall–Kier alpha value is -2.56. The summed E-state index contributed by atoms with van der Waals surface area (Å²) < 4.78 is 10.2. The SMILES string of the molecule is C=CCOC(=O)C1=Cc2cc(OC)c(NC=O)cc2C1. The van der Waals surface area contributed by atoms with Crippen LogP contribution in [0.3, 0.4) is 0 Å². The lowest BCUT2D eigenvalue weighted by atomic mass is 10.1. The molecule has 1 aliphatic rings. The van der Waals surface area contributed by atoms with E-state index in [2.05, 4.69) is 11.9 Å². The van der Waals surface area contributed by atoms with Gasteiger partial charge in [-0.3, -0.25) is 4.79 Å². The number of carbonyl (C=O) groups excluding carboxylic acids is 2. The molecule has 1 aromatic rings. The number of benzene rings is 1. The highest BCUT2D eigenvalue weighted by Gasteiger charge is 2.21. The van der Waals surface area contributed by atoms with Crippen molar-refractivity contribution in [2.75, 3.05) is 19.0 Å². The van der Waals surface area contributed by atoms with Gasteiger partial charge in [-0.05, 0) is 29.3 Å². The molecule has 1 aromatic carbocycles. The van der Waals surface area contributed by atoms with Crippen LogP contribution in [-0.4, -0.2) is 26.1 Å². The predicted octanol–water partition coefficient (Wildman–Crippen LogP) is 1.93. The third-order valence-electron chi connectivity index (χ3n) is 2.98. The second-order valence-electron chi connectivity index (χ2n) is 4.25. The number of nitrogens with one attached hydrogen (secondary N) is 1. The number of rotatable bonds is 6. The zero-order valence-corrected chi connectivity index (χ0v) is 11.1. The molecule has 0 spiro atoms. The Morgan fingerprint density at radius 2 is 2.30 bits per heavy atom. The third kappa shape index (κ3) is 2.71. The minimum atomic E-state index is -0.357. The van der Waals surface area contributed by atoms with Gasteiger partial charge in [-0.2, -0.15) is 0 Å². The van der Waals surface area contributed by atoms with E-state index in [0.717, 1.165) is 11.1 Å². The summed E-state index contributed by atoms with van der Waals surface area (Å²) in [7, 11) is 1.52. The van der Waals surface area contributed by atoms with Crippen LogP contribution in [0.2, 0.25) is 0 Å². The lowest BCUT2D eigenvalue weighted by molar-refractivity contribution is -0.137. The maximum atomic E-state index is 11.8. The summed E-state index contributed by atoms with van der Waals surface area (Å²) in [5.41, 5.74) is 2.99. The van der Waals surface area contributed by atoms with E-state index in [1.54, 1.807) is 18.2 Å². The number of methoxy groups -OCH3 is 1. The van der Waals surface area contributed by atoms with Gasteiger partial charge in [0, 0.05) is 12.0 Å². The average Bonchev–Trinajstić information content (AvgIpc) is 2.87. The molecule has 0 aromatic heterocycles. The molecule has 104 valence electrons. The zero-order valence-electron chi connectivity index (χ0n) is 11.1. The van der Waals surface area contributed by atoms with Gasteiger partial charge in [-0.25, -0.2) is 4.79 Å². The van der Waals surface area contributed by atoms with Gasteiger partial charge in [-0.1, -0.05) is 12.7 Å². The fraction of sp³-hybridized carbons (Fsp3) is 0.200. The number of hydrogen-bond acceptors (Lipinski definition) is 4. The summed E-state index contributed by atoms with van der Waals surface area (Å²) in [4.78, 5) is 22.4. The van der Waals surface area contributed by atoms with E-state index in [0.29, 0.717) is 29.8 Å². The normalized spacial score (nSPS) is 12.2. The van der Waals surface area contributed by atoms with E-state index in [4.69, 9.17) is 9.47 Å². The molecule has 1 aliphatic carbocycles. The standard InChI is InChI=1S/C15H15NO4/c1-3-4-20-15(18)12-5-10-7-13(16-9-17)14(19-2)8-11(10)6-12/h3,6-9H,1,4-5H2,2H3,(H,16,17). The third-order valence-corrected chi connectivity index (χ3v) is 2.98. The van der Waals surface area contributed by atoms with Crippen LogP contribution >= 0.6 is 0 Å². The Bertz CT molecular complexity index is 590. The molecular formula is C15H15NO4. The van der Waals surface area contributed by atoms with Crippen LogP contribution in [0, 0.1) is 0 Å². The van der Waals surface area contributed by atoms with Crippen molar-refractivity contribution in [2.45, 2.75) is 6.42 Å². The summed E-state index contributed by atoms with van der Waals surface area (Å²) in [5, 5.41) is 2.58. The quantitative estimate of drug-likeness (QED) is 0.488. The number of fused-ring (bicyclic) bond motifs is 1. The Morgan fingerprint density at radius 1 is 1.50 bits per heavy atom. The Morgan fingerprint density at radius 3 is 2.95 bits per heavy atom. The summed E-state index contributed by atoms with van der Waals surface area (Å²) in [6.07, 6.45) is 4.36. The van der Waals surface area contributed by atoms with Crippen LogP contribution in [0.4, 0.5) is 5.69 Å².